The van der Waals surface area contributed by atoms with Gasteiger partial charge in [0.2, 0.25) is 5.71 Å². The number of rotatable bonds is 11. The molecule has 6 rings (SSSR count). The Morgan fingerprint density at radius 1 is 0.887 bits per heavy atom. The van der Waals surface area contributed by atoms with E-state index in [0.29, 0.717) is 11.6 Å². The molecule has 53 heavy (non-hydrogen) atoms. The summed E-state index contributed by atoms with van der Waals surface area (Å²) in [5.41, 5.74) is 8.04. The van der Waals surface area contributed by atoms with Gasteiger partial charge in [-0.25, -0.2) is 0 Å². The van der Waals surface area contributed by atoms with Crippen molar-refractivity contribution >= 4 is 38.6 Å². The Kier molecular flexibility index (Phi) is 14.1. The number of hydrogen-bond acceptors (Lipinski definition) is 5. The Morgan fingerprint density at radius 2 is 1.57 bits per heavy atom. The summed E-state index contributed by atoms with van der Waals surface area (Å²) in [6.45, 7) is 21.4. The second-order valence-electron chi connectivity index (χ2n) is 15.5. The molecule has 3 aromatic carbocycles. The van der Waals surface area contributed by atoms with E-state index in [0.717, 1.165) is 76.6 Å². The maximum atomic E-state index is 11.7. The second kappa shape index (κ2) is 17.9. The number of fused-ring (bicyclic) bond motifs is 3. The van der Waals surface area contributed by atoms with Crippen molar-refractivity contribution in [3.63, 3.8) is 0 Å². The first-order valence-corrected chi connectivity index (χ1v) is 19.1. The third-order valence-electron chi connectivity index (χ3n) is 10.3. The van der Waals surface area contributed by atoms with Crippen molar-refractivity contribution in [3.8, 4) is 22.4 Å². The molecule has 0 fully saturated rings. The van der Waals surface area contributed by atoms with Crippen LogP contribution in [0.3, 0.4) is 0 Å². The average molecular weight is 891 g/mol. The van der Waals surface area contributed by atoms with E-state index in [4.69, 9.17) is 13.8 Å². The fraction of sp³-hybridized carbons (Fsp3) is 0.404. The summed E-state index contributed by atoms with van der Waals surface area (Å²) in [5.74, 6) is 2.17. The molecule has 0 saturated heterocycles. The normalized spacial score (nSPS) is 12.2. The summed E-state index contributed by atoms with van der Waals surface area (Å²) in [6, 6.07) is 25.0. The number of carbonyl (C=O) groups excluding carboxylic acids is 1. The first kappa shape index (κ1) is 41.8. The van der Waals surface area contributed by atoms with Crippen LogP contribution in [-0.4, -0.2) is 15.9 Å². The van der Waals surface area contributed by atoms with Crippen LogP contribution in [0.15, 0.2) is 87.6 Å². The molecule has 0 aliphatic carbocycles. The number of pyridine rings is 1. The van der Waals surface area contributed by atoms with Crippen molar-refractivity contribution in [2.45, 2.75) is 107 Å². The number of benzene rings is 3. The van der Waals surface area contributed by atoms with Crippen LogP contribution in [0.1, 0.15) is 105 Å². The van der Waals surface area contributed by atoms with Gasteiger partial charge < -0.3 is 13.9 Å². The first-order valence-electron chi connectivity index (χ1n) is 19.1. The second-order valence-corrected chi connectivity index (χ2v) is 15.5. The third kappa shape index (κ3) is 9.39. The summed E-state index contributed by atoms with van der Waals surface area (Å²) in [6.07, 6.45) is 7.56. The number of aryl methyl sites for hydroxylation is 1. The molecule has 6 heteroatoms. The molecule has 3 aromatic heterocycles. The van der Waals surface area contributed by atoms with E-state index < -0.39 is 0 Å². The van der Waals surface area contributed by atoms with Gasteiger partial charge >= 0.3 is 0 Å². The molecular weight excluding hydrogens is 835 g/mol. The van der Waals surface area contributed by atoms with Gasteiger partial charge in [0.15, 0.2) is 5.78 Å². The quantitative estimate of drug-likeness (QED) is 0.0797. The van der Waals surface area contributed by atoms with E-state index in [1.807, 2.05) is 33.8 Å². The molecule has 1 radical (unpaired) electrons. The molecule has 5 nitrogen and oxygen atoms in total. The molecule has 0 aliphatic rings. The summed E-state index contributed by atoms with van der Waals surface area (Å²) in [7, 11) is 0. The van der Waals surface area contributed by atoms with Crippen LogP contribution >= 0.6 is 0 Å². The van der Waals surface area contributed by atoms with Gasteiger partial charge in [0.05, 0.1) is 12.0 Å². The molecule has 0 bridgehead atoms. The Labute approximate surface area is 329 Å². The number of nitrogens with zero attached hydrogens (tertiary/aromatic N) is 1. The summed E-state index contributed by atoms with van der Waals surface area (Å²) >= 11 is 0. The largest absolute Gasteiger partial charge is 0.512 e. The molecule has 6 aromatic rings. The monoisotopic (exact) mass is 891 g/mol. The zero-order valence-electron chi connectivity index (χ0n) is 33.1. The minimum absolute atomic E-state index is 0. The van der Waals surface area contributed by atoms with E-state index in [-0.39, 0.29) is 48.9 Å². The minimum Gasteiger partial charge on any atom is -0.512 e. The van der Waals surface area contributed by atoms with Crippen LogP contribution < -0.4 is 0 Å². The maximum Gasteiger partial charge on any atom is 0.219 e. The van der Waals surface area contributed by atoms with Crippen LogP contribution in [0.5, 0.6) is 0 Å². The van der Waals surface area contributed by atoms with Gasteiger partial charge in [-0.1, -0.05) is 110 Å². The van der Waals surface area contributed by atoms with Gasteiger partial charge in [0, 0.05) is 60.9 Å². The summed E-state index contributed by atoms with van der Waals surface area (Å²) in [5, 5.41) is 14.3. The van der Waals surface area contributed by atoms with E-state index in [1.165, 1.54) is 28.0 Å². The predicted octanol–water partition coefficient (Wildman–Crippen LogP) is 13.5. The molecule has 0 saturated carbocycles. The Balaban J connectivity index is 0.000000335. The average Bonchev–Trinajstić information content (AvgIpc) is 3.71. The number of hydrogen-bond donors (Lipinski definition) is 1. The minimum atomic E-state index is -0.0169. The molecule has 0 aliphatic heterocycles. The number of ketones is 1. The van der Waals surface area contributed by atoms with Gasteiger partial charge in [0.25, 0.3) is 0 Å². The van der Waals surface area contributed by atoms with Crippen molar-refractivity contribution < 1.29 is 38.8 Å². The molecule has 0 spiro atoms. The molecule has 0 unspecified atom stereocenters. The number of carbonyl (C=O) groups is 1. The van der Waals surface area contributed by atoms with Crippen molar-refractivity contribution in [2.24, 2.45) is 17.8 Å². The van der Waals surface area contributed by atoms with Crippen LogP contribution in [0.2, 0.25) is 0 Å². The van der Waals surface area contributed by atoms with Crippen molar-refractivity contribution in [1.29, 1.82) is 0 Å². The van der Waals surface area contributed by atoms with Gasteiger partial charge in [-0.05, 0) is 72.8 Å². The van der Waals surface area contributed by atoms with Crippen LogP contribution in [-0.2, 0) is 36.7 Å². The van der Waals surface area contributed by atoms with E-state index in [1.54, 1.807) is 6.26 Å². The number of aliphatic hydroxyl groups is 1. The van der Waals surface area contributed by atoms with Crippen molar-refractivity contribution in [3.05, 3.63) is 102 Å². The zero-order chi connectivity index (χ0) is 37.7. The smallest absolute Gasteiger partial charge is 0.219 e. The Bertz CT molecular complexity index is 2190. The molecule has 3 heterocycles. The fourth-order valence-electron chi connectivity index (χ4n) is 7.10. The van der Waals surface area contributed by atoms with E-state index >= 15 is 0 Å². The van der Waals surface area contributed by atoms with Crippen molar-refractivity contribution in [2.75, 3.05) is 0 Å². The van der Waals surface area contributed by atoms with Crippen LogP contribution in [0, 0.1) is 30.7 Å². The van der Waals surface area contributed by atoms with Gasteiger partial charge in [0.1, 0.15) is 11.3 Å². The molecular formula is C47H56IrNO4-. The standard InChI is InChI=1S/C34H32NO2.C13H24O2.Ir/c1-20(2)15-31-21(3)25-12-11-23(18-32(25)37-31)28-19-30(35-33-27(28)13-14-36-33)24-16-22-9-7-8-10-26(22)29(17-24)34(4,5)6;1-5-10(6-2)12(14)9-13(15)11(7-3)8-4;/h7-14,17-20H,15H2,1-6H3;9-11,14H,5-8H2,1-4H3;/q-1;;/b;12-9-;. The number of allylic oxidation sites excluding steroid dienone is 2. The first-order chi connectivity index (χ1) is 24.8. The third-order valence-corrected chi connectivity index (χ3v) is 10.3. The van der Waals surface area contributed by atoms with Gasteiger partial charge in [-0.2, -0.15) is 0 Å². The van der Waals surface area contributed by atoms with Gasteiger partial charge in [-0.15, -0.1) is 29.1 Å². The molecule has 0 amide bonds. The zero-order valence-corrected chi connectivity index (χ0v) is 35.5. The van der Waals surface area contributed by atoms with E-state index in [9.17, 15) is 9.90 Å². The number of aliphatic hydroxyl groups excluding tert-OH is 1. The SMILES string of the molecule is CCC(CC)C(=O)/C=C(\O)C(CC)CC.Cc1c(CC(C)C)oc2cc(-c3cc(-c4[c-]c5ccccc5c(C(C)(C)C)c4)nc4occc34)ccc12.[Ir]. The molecule has 283 valence electrons. The number of furan rings is 2. The van der Waals surface area contributed by atoms with Crippen LogP contribution in [0.25, 0.3) is 55.2 Å². The predicted molar refractivity (Wildman–Crippen MR) is 217 cm³/mol. The summed E-state index contributed by atoms with van der Waals surface area (Å²) < 4.78 is 12.2. The fourth-order valence-corrected chi connectivity index (χ4v) is 7.10. The van der Waals surface area contributed by atoms with Crippen molar-refractivity contribution in [1.82, 2.24) is 4.98 Å². The Hall–Kier alpha value is -3.99. The summed E-state index contributed by atoms with van der Waals surface area (Å²) in [4.78, 5) is 16.6. The Morgan fingerprint density at radius 3 is 2.21 bits per heavy atom. The number of aromatic nitrogens is 1. The van der Waals surface area contributed by atoms with E-state index in [2.05, 4.69) is 102 Å². The maximum absolute atomic E-state index is 11.7. The molecule has 1 N–H and O–H groups in total. The topological polar surface area (TPSA) is 76.5 Å². The molecule has 0 atom stereocenters. The van der Waals surface area contributed by atoms with Crippen LogP contribution in [0.4, 0.5) is 0 Å². The van der Waals surface area contributed by atoms with Gasteiger partial charge in [-0.3, -0.25) is 9.78 Å².